The zero-order valence-corrected chi connectivity index (χ0v) is 15.1. The first-order valence-corrected chi connectivity index (χ1v) is 9.13. The Labute approximate surface area is 157 Å². The van der Waals surface area contributed by atoms with Gasteiger partial charge in [-0.2, -0.15) is 0 Å². The predicted molar refractivity (Wildman–Crippen MR) is 104 cm³/mol. The van der Waals surface area contributed by atoms with Gasteiger partial charge in [0.2, 0.25) is 0 Å². The van der Waals surface area contributed by atoms with Crippen molar-refractivity contribution in [2.24, 2.45) is 5.73 Å². The largest absolute Gasteiger partial charge is 0.349 e. The number of nitrogens with two attached hydrogens (primary N) is 1. The van der Waals surface area contributed by atoms with E-state index in [0.717, 1.165) is 25.7 Å². The van der Waals surface area contributed by atoms with Crippen LogP contribution in [0.15, 0.2) is 48.5 Å². The van der Waals surface area contributed by atoms with E-state index in [1.54, 1.807) is 48.5 Å². The van der Waals surface area contributed by atoms with Gasteiger partial charge < -0.3 is 16.4 Å². The SMILES string of the molecule is NC1CCC(NC(=O)c2ccccc2NC(=O)c2ccc(Cl)cc2)CC1. The van der Waals surface area contributed by atoms with Crippen LogP contribution >= 0.6 is 11.6 Å². The van der Waals surface area contributed by atoms with Crippen molar-refractivity contribution in [2.45, 2.75) is 37.8 Å². The number of benzene rings is 2. The summed E-state index contributed by atoms with van der Waals surface area (Å²) in [6.07, 6.45) is 3.60. The molecule has 2 amide bonds. The molecule has 0 radical (unpaired) electrons. The highest BCUT2D eigenvalue weighted by Gasteiger charge is 2.22. The number of nitrogens with one attached hydrogen (secondary N) is 2. The molecule has 0 aliphatic heterocycles. The Morgan fingerprint density at radius 1 is 0.923 bits per heavy atom. The average molecular weight is 372 g/mol. The number of rotatable bonds is 4. The molecule has 1 aliphatic rings. The summed E-state index contributed by atoms with van der Waals surface area (Å²) < 4.78 is 0. The van der Waals surface area contributed by atoms with Crippen LogP contribution in [-0.2, 0) is 0 Å². The van der Waals surface area contributed by atoms with E-state index in [9.17, 15) is 9.59 Å². The van der Waals surface area contributed by atoms with Gasteiger partial charge >= 0.3 is 0 Å². The first-order valence-electron chi connectivity index (χ1n) is 8.75. The minimum atomic E-state index is -0.287. The Morgan fingerprint density at radius 3 is 2.27 bits per heavy atom. The molecule has 6 heteroatoms. The zero-order chi connectivity index (χ0) is 18.5. The number of amides is 2. The van der Waals surface area contributed by atoms with Crippen molar-refractivity contribution >= 4 is 29.1 Å². The molecule has 1 aliphatic carbocycles. The normalized spacial score (nSPS) is 19.6. The van der Waals surface area contributed by atoms with E-state index in [1.807, 2.05) is 0 Å². The summed E-state index contributed by atoms with van der Waals surface area (Å²) in [5, 5.41) is 6.43. The van der Waals surface area contributed by atoms with E-state index in [-0.39, 0.29) is 23.9 Å². The fourth-order valence-electron chi connectivity index (χ4n) is 3.11. The Morgan fingerprint density at radius 2 is 1.58 bits per heavy atom. The number of hydrogen-bond donors (Lipinski definition) is 3. The molecule has 26 heavy (non-hydrogen) atoms. The summed E-state index contributed by atoms with van der Waals surface area (Å²) in [5.41, 5.74) is 7.32. The van der Waals surface area contributed by atoms with Crippen molar-refractivity contribution in [1.82, 2.24) is 5.32 Å². The van der Waals surface area contributed by atoms with Crippen molar-refractivity contribution < 1.29 is 9.59 Å². The molecule has 3 rings (SSSR count). The lowest BCUT2D eigenvalue weighted by Crippen LogP contribution is -2.40. The zero-order valence-electron chi connectivity index (χ0n) is 14.4. The summed E-state index contributed by atoms with van der Waals surface area (Å²) in [6.45, 7) is 0. The number of hydrogen-bond acceptors (Lipinski definition) is 3. The lowest BCUT2D eigenvalue weighted by molar-refractivity contribution is 0.0927. The van der Waals surface area contributed by atoms with E-state index < -0.39 is 0 Å². The molecule has 136 valence electrons. The van der Waals surface area contributed by atoms with Gasteiger partial charge in [-0.15, -0.1) is 0 Å². The number of carbonyl (C=O) groups is 2. The Kier molecular flexibility index (Phi) is 5.91. The molecule has 0 spiro atoms. The summed E-state index contributed by atoms with van der Waals surface area (Å²) in [4.78, 5) is 25.1. The second-order valence-electron chi connectivity index (χ2n) is 6.59. The van der Waals surface area contributed by atoms with Gasteiger partial charge in [-0.1, -0.05) is 23.7 Å². The lowest BCUT2D eigenvalue weighted by atomic mass is 9.91. The third-order valence-corrected chi connectivity index (χ3v) is 4.89. The Bertz CT molecular complexity index is 784. The number of anilines is 1. The van der Waals surface area contributed by atoms with Crippen LogP contribution < -0.4 is 16.4 Å². The highest BCUT2D eigenvalue weighted by molar-refractivity contribution is 6.30. The maximum Gasteiger partial charge on any atom is 0.255 e. The minimum Gasteiger partial charge on any atom is -0.349 e. The molecule has 0 unspecified atom stereocenters. The summed E-state index contributed by atoms with van der Waals surface area (Å²) in [7, 11) is 0. The first-order chi connectivity index (χ1) is 12.5. The molecule has 0 bridgehead atoms. The molecule has 0 aromatic heterocycles. The maximum atomic E-state index is 12.7. The topological polar surface area (TPSA) is 84.2 Å². The third-order valence-electron chi connectivity index (χ3n) is 4.63. The molecule has 0 saturated heterocycles. The van der Waals surface area contributed by atoms with Crippen molar-refractivity contribution in [3.63, 3.8) is 0 Å². The van der Waals surface area contributed by atoms with Crippen LogP contribution in [0.4, 0.5) is 5.69 Å². The second-order valence-corrected chi connectivity index (χ2v) is 7.03. The van der Waals surface area contributed by atoms with Crippen molar-refractivity contribution in [2.75, 3.05) is 5.32 Å². The van der Waals surface area contributed by atoms with E-state index in [0.29, 0.717) is 21.8 Å². The number of carbonyl (C=O) groups excluding carboxylic acids is 2. The molecular weight excluding hydrogens is 350 g/mol. The highest BCUT2D eigenvalue weighted by Crippen LogP contribution is 2.20. The first kappa shape index (κ1) is 18.4. The van der Waals surface area contributed by atoms with Crippen LogP contribution in [0.1, 0.15) is 46.4 Å². The average Bonchev–Trinajstić information content (AvgIpc) is 2.64. The van der Waals surface area contributed by atoms with Gasteiger partial charge in [-0.05, 0) is 62.1 Å². The van der Waals surface area contributed by atoms with Gasteiger partial charge in [0.15, 0.2) is 0 Å². The fraction of sp³-hybridized carbons (Fsp3) is 0.300. The summed E-state index contributed by atoms with van der Waals surface area (Å²) in [6, 6.07) is 14.0. The molecule has 1 saturated carbocycles. The molecule has 2 aromatic rings. The molecule has 0 heterocycles. The van der Waals surface area contributed by atoms with E-state index >= 15 is 0 Å². The standard InChI is InChI=1S/C20H22ClN3O2/c21-14-7-5-13(6-8-14)19(25)24-18-4-2-1-3-17(18)20(26)23-16-11-9-15(22)10-12-16/h1-8,15-16H,9-12,22H2,(H,23,26)(H,24,25). The van der Waals surface area contributed by atoms with Gasteiger partial charge in [0.1, 0.15) is 0 Å². The summed E-state index contributed by atoms with van der Waals surface area (Å²) >= 11 is 5.85. The van der Waals surface area contributed by atoms with Crippen molar-refractivity contribution in [3.8, 4) is 0 Å². The van der Waals surface area contributed by atoms with Gasteiger partial charge in [-0.25, -0.2) is 0 Å². The Balaban J connectivity index is 1.70. The van der Waals surface area contributed by atoms with Crippen LogP contribution in [0.25, 0.3) is 0 Å². The number of halogens is 1. The van der Waals surface area contributed by atoms with Crippen molar-refractivity contribution in [3.05, 3.63) is 64.7 Å². The van der Waals surface area contributed by atoms with Gasteiger partial charge in [0, 0.05) is 22.7 Å². The van der Waals surface area contributed by atoms with Gasteiger partial charge in [-0.3, -0.25) is 9.59 Å². The van der Waals surface area contributed by atoms with Crippen LogP contribution in [0.2, 0.25) is 5.02 Å². The second kappa shape index (κ2) is 8.34. The monoisotopic (exact) mass is 371 g/mol. The van der Waals surface area contributed by atoms with E-state index in [2.05, 4.69) is 10.6 Å². The smallest absolute Gasteiger partial charge is 0.255 e. The predicted octanol–water partition coefficient (Wildman–Crippen LogP) is 3.59. The third kappa shape index (κ3) is 4.62. The van der Waals surface area contributed by atoms with Crippen LogP contribution in [0, 0.1) is 0 Å². The number of para-hydroxylation sites is 1. The van der Waals surface area contributed by atoms with E-state index in [1.165, 1.54) is 0 Å². The molecular formula is C20H22ClN3O2. The van der Waals surface area contributed by atoms with Gasteiger partial charge in [0.05, 0.1) is 11.3 Å². The van der Waals surface area contributed by atoms with E-state index in [4.69, 9.17) is 17.3 Å². The molecule has 4 N–H and O–H groups in total. The van der Waals surface area contributed by atoms with Crippen LogP contribution in [-0.4, -0.2) is 23.9 Å². The highest BCUT2D eigenvalue weighted by atomic mass is 35.5. The molecule has 0 atom stereocenters. The quantitative estimate of drug-likeness (QED) is 0.767. The maximum absolute atomic E-state index is 12.7. The van der Waals surface area contributed by atoms with Crippen LogP contribution in [0.5, 0.6) is 0 Å². The lowest BCUT2D eigenvalue weighted by Gasteiger charge is -2.27. The van der Waals surface area contributed by atoms with Crippen molar-refractivity contribution in [1.29, 1.82) is 0 Å². The van der Waals surface area contributed by atoms with Crippen LogP contribution in [0.3, 0.4) is 0 Å². The Hall–Kier alpha value is -2.37. The fourth-order valence-corrected chi connectivity index (χ4v) is 3.24. The molecule has 1 fully saturated rings. The minimum absolute atomic E-state index is 0.127. The molecule has 2 aromatic carbocycles. The summed E-state index contributed by atoms with van der Waals surface area (Å²) in [5.74, 6) is -0.469. The molecule has 5 nitrogen and oxygen atoms in total. The van der Waals surface area contributed by atoms with Gasteiger partial charge in [0.25, 0.3) is 11.8 Å².